The minimum absolute atomic E-state index is 0.462. The van der Waals surface area contributed by atoms with Gasteiger partial charge in [-0.25, -0.2) is 8.42 Å². The number of benzene rings is 1. The zero-order valence-electron chi connectivity index (χ0n) is 8.91. The highest BCUT2D eigenvalue weighted by molar-refractivity contribution is 7.93. The molecule has 0 saturated heterocycles. The molecule has 0 bridgehead atoms. The van der Waals surface area contributed by atoms with Crippen LogP contribution in [0.3, 0.4) is 0 Å². The predicted octanol–water partition coefficient (Wildman–Crippen LogP) is 2.80. The van der Waals surface area contributed by atoms with Crippen molar-refractivity contribution in [3.8, 4) is 0 Å². The predicted molar refractivity (Wildman–Crippen MR) is 63.9 cm³/mol. The Kier molecular flexibility index (Phi) is 3.62. The maximum atomic E-state index is 11.6. The highest BCUT2D eigenvalue weighted by Crippen LogP contribution is 2.21. The standard InChI is InChI=1S/C10H14ClNO2S/c1-7(2)15(13,14)12-10-6-9(11)5-4-8(10)3/h4-7,12H,1-3H3. The summed E-state index contributed by atoms with van der Waals surface area (Å²) in [5.41, 5.74) is 1.39. The van der Waals surface area contributed by atoms with E-state index in [4.69, 9.17) is 11.6 Å². The van der Waals surface area contributed by atoms with Gasteiger partial charge in [0.05, 0.1) is 10.9 Å². The van der Waals surface area contributed by atoms with Crippen LogP contribution in [0.25, 0.3) is 0 Å². The minimum atomic E-state index is -3.30. The highest BCUT2D eigenvalue weighted by Gasteiger charge is 2.16. The Morgan fingerprint density at radius 3 is 2.47 bits per heavy atom. The second-order valence-electron chi connectivity index (χ2n) is 3.66. The molecule has 84 valence electrons. The molecular formula is C10H14ClNO2S. The molecule has 1 N–H and O–H groups in total. The van der Waals surface area contributed by atoms with E-state index in [1.165, 1.54) is 0 Å². The molecular weight excluding hydrogens is 234 g/mol. The number of sulfonamides is 1. The zero-order valence-corrected chi connectivity index (χ0v) is 10.5. The van der Waals surface area contributed by atoms with E-state index in [1.54, 1.807) is 32.0 Å². The van der Waals surface area contributed by atoms with Crippen molar-refractivity contribution >= 4 is 27.3 Å². The molecule has 0 aliphatic carbocycles. The topological polar surface area (TPSA) is 46.2 Å². The van der Waals surface area contributed by atoms with Gasteiger partial charge >= 0.3 is 0 Å². The maximum absolute atomic E-state index is 11.6. The third-order valence-corrected chi connectivity index (χ3v) is 4.05. The average Bonchev–Trinajstić information content (AvgIpc) is 2.10. The Morgan fingerprint density at radius 2 is 1.93 bits per heavy atom. The number of hydrogen-bond donors (Lipinski definition) is 1. The van der Waals surface area contributed by atoms with Crippen molar-refractivity contribution in [2.45, 2.75) is 26.0 Å². The van der Waals surface area contributed by atoms with Crippen LogP contribution in [0.1, 0.15) is 19.4 Å². The number of halogens is 1. The summed E-state index contributed by atoms with van der Waals surface area (Å²) in [6, 6.07) is 5.11. The monoisotopic (exact) mass is 247 g/mol. The average molecular weight is 248 g/mol. The van der Waals surface area contributed by atoms with Crippen LogP contribution < -0.4 is 4.72 Å². The van der Waals surface area contributed by atoms with E-state index in [2.05, 4.69) is 4.72 Å². The molecule has 15 heavy (non-hydrogen) atoms. The Morgan fingerprint density at radius 1 is 1.33 bits per heavy atom. The summed E-state index contributed by atoms with van der Waals surface area (Å²) in [6.07, 6.45) is 0. The van der Waals surface area contributed by atoms with Crippen molar-refractivity contribution in [1.82, 2.24) is 0 Å². The lowest BCUT2D eigenvalue weighted by molar-refractivity contribution is 0.592. The van der Waals surface area contributed by atoms with E-state index in [9.17, 15) is 8.42 Å². The fourth-order valence-electron chi connectivity index (χ4n) is 0.975. The first-order valence-corrected chi connectivity index (χ1v) is 6.53. The number of anilines is 1. The summed E-state index contributed by atoms with van der Waals surface area (Å²) in [7, 11) is -3.30. The molecule has 0 spiro atoms. The molecule has 1 aromatic carbocycles. The normalized spacial score (nSPS) is 11.8. The smallest absolute Gasteiger partial charge is 0.235 e. The van der Waals surface area contributed by atoms with Gasteiger partial charge < -0.3 is 0 Å². The largest absolute Gasteiger partial charge is 0.283 e. The van der Waals surface area contributed by atoms with Crippen LogP contribution in [0.15, 0.2) is 18.2 Å². The molecule has 5 heteroatoms. The fraction of sp³-hybridized carbons (Fsp3) is 0.400. The van der Waals surface area contributed by atoms with Crippen molar-refractivity contribution < 1.29 is 8.42 Å². The summed E-state index contributed by atoms with van der Waals surface area (Å²) in [4.78, 5) is 0. The SMILES string of the molecule is Cc1ccc(Cl)cc1NS(=O)(=O)C(C)C. The Balaban J connectivity index is 3.05. The first-order valence-electron chi connectivity index (χ1n) is 4.60. The molecule has 0 unspecified atom stereocenters. The molecule has 0 heterocycles. The molecule has 0 radical (unpaired) electrons. The van der Waals surface area contributed by atoms with Crippen molar-refractivity contribution in [3.63, 3.8) is 0 Å². The fourth-order valence-corrected chi connectivity index (χ4v) is 1.91. The van der Waals surface area contributed by atoms with Crippen LogP contribution in [0.2, 0.25) is 5.02 Å². The number of nitrogens with one attached hydrogen (secondary N) is 1. The second kappa shape index (κ2) is 4.41. The molecule has 3 nitrogen and oxygen atoms in total. The van der Waals surface area contributed by atoms with Crippen LogP contribution in [0, 0.1) is 6.92 Å². The van der Waals surface area contributed by atoms with E-state index < -0.39 is 15.3 Å². The lowest BCUT2D eigenvalue weighted by Gasteiger charge is -2.12. The van der Waals surface area contributed by atoms with Crippen molar-refractivity contribution in [2.75, 3.05) is 4.72 Å². The van der Waals surface area contributed by atoms with Crippen LogP contribution in [-0.4, -0.2) is 13.7 Å². The van der Waals surface area contributed by atoms with Gasteiger partial charge in [-0.3, -0.25) is 4.72 Å². The summed E-state index contributed by atoms with van der Waals surface area (Å²) < 4.78 is 25.7. The Bertz CT molecular complexity index is 454. The summed E-state index contributed by atoms with van der Waals surface area (Å²) >= 11 is 5.79. The molecule has 0 aliphatic rings. The van der Waals surface area contributed by atoms with Crippen molar-refractivity contribution in [3.05, 3.63) is 28.8 Å². The summed E-state index contributed by atoms with van der Waals surface area (Å²) in [6.45, 7) is 5.08. The number of hydrogen-bond acceptors (Lipinski definition) is 2. The van der Waals surface area contributed by atoms with Crippen molar-refractivity contribution in [1.29, 1.82) is 0 Å². The van der Waals surface area contributed by atoms with E-state index in [0.29, 0.717) is 10.7 Å². The lowest BCUT2D eigenvalue weighted by Crippen LogP contribution is -2.22. The van der Waals surface area contributed by atoms with Gasteiger partial charge in [0.1, 0.15) is 0 Å². The molecule has 0 amide bonds. The second-order valence-corrected chi connectivity index (χ2v) is 6.33. The third-order valence-electron chi connectivity index (χ3n) is 2.07. The lowest BCUT2D eigenvalue weighted by atomic mass is 10.2. The Hall–Kier alpha value is -0.740. The molecule has 0 saturated carbocycles. The van der Waals surface area contributed by atoms with E-state index in [1.807, 2.05) is 6.92 Å². The van der Waals surface area contributed by atoms with Gasteiger partial charge in [0, 0.05) is 5.02 Å². The van der Waals surface area contributed by atoms with Gasteiger partial charge in [-0.05, 0) is 38.5 Å². The molecule has 0 aromatic heterocycles. The van der Waals surface area contributed by atoms with Gasteiger partial charge in [-0.2, -0.15) is 0 Å². The third kappa shape index (κ3) is 3.11. The quantitative estimate of drug-likeness (QED) is 0.893. The molecule has 0 aliphatic heterocycles. The van der Waals surface area contributed by atoms with E-state index in [-0.39, 0.29) is 0 Å². The zero-order chi connectivity index (χ0) is 11.6. The van der Waals surface area contributed by atoms with Crippen LogP contribution >= 0.6 is 11.6 Å². The highest BCUT2D eigenvalue weighted by atomic mass is 35.5. The molecule has 1 aromatic rings. The summed E-state index contributed by atoms with van der Waals surface area (Å²) in [5, 5.41) is 0.0536. The maximum Gasteiger partial charge on any atom is 0.235 e. The number of rotatable bonds is 3. The number of aryl methyl sites for hydroxylation is 1. The van der Waals surface area contributed by atoms with Crippen LogP contribution in [0.4, 0.5) is 5.69 Å². The molecule has 0 atom stereocenters. The van der Waals surface area contributed by atoms with Gasteiger partial charge in [0.15, 0.2) is 0 Å². The molecule has 1 rings (SSSR count). The van der Waals surface area contributed by atoms with Gasteiger partial charge in [0.2, 0.25) is 10.0 Å². The van der Waals surface area contributed by atoms with Gasteiger partial charge in [0.25, 0.3) is 0 Å². The first-order chi connectivity index (χ1) is 6.83. The van der Waals surface area contributed by atoms with Crippen molar-refractivity contribution in [2.24, 2.45) is 0 Å². The molecule has 0 fully saturated rings. The van der Waals surface area contributed by atoms with Crippen LogP contribution in [0.5, 0.6) is 0 Å². The van der Waals surface area contributed by atoms with Crippen LogP contribution in [-0.2, 0) is 10.0 Å². The van der Waals surface area contributed by atoms with E-state index >= 15 is 0 Å². The van der Waals surface area contributed by atoms with Gasteiger partial charge in [-0.15, -0.1) is 0 Å². The summed E-state index contributed by atoms with van der Waals surface area (Å²) in [5.74, 6) is 0. The Labute approximate surface area is 95.5 Å². The first kappa shape index (κ1) is 12.3. The van der Waals surface area contributed by atoms with Gasteiger partial charge in [-0.1, -0.05) is 17.7 Å². The minimum Gasteiger partial charge on any atom is -0.283 e. The van der Waals surface area contributed by atoms with E-state index in [0.717, 1.165) is 5.56 Å².